The molecule has 2 heterocycles. The fourth-order valence-corrected chi connectivity index (χ4v) is 4.15. The summed E-state index contributed by atoms with van der Waals surface area (Å²) in [7, 11) is 0. The van der Waals surface area contributed by atoms with Gasteiger partial charge >= 0.3 is 5.97 Å². The monoisotopic (exact) mass is 414 g/mol. The predicted molar refractivity (Wildman–Crippen MR) is 108 cm³/mol. The summed E-state index contributed by atoms with van der Waals surface area (Å²) in [5.74, 6) is -1.36. The van der Waals surface area contributed by atoms with Crippen LogP contribution in [0.1, 0.15) is 35.2 Å². The molecule has 1 N–H and O–H groups in total. The molecule has 0 saturated carbocycles. The van der Waals surface area contributed by atoms with Crippen LogP contribution in [0, 0.1) is 5.82 Å². The molecule has 2 atom stereocenters. The Labute approximate surface area is 173 Å². The molecule has 0 bridgehead atoms. The second kappa shape index (κ2) is 7.87. The molecule has 29 heavy (non-hydrogen) atoms. The van der Waals surface area contributed by atoms with Crippen LogP contribution in [0.15, 0.2) is 54.2 Å². The minimum Gasteiger partial charge on any atom is -0.463 e. The third kappa shape index (κ3) is 3.72. The highest BCUT2D eigenvalue weighted by Gasteiger charge is 2.40. The van der Waals surface area contributed by atoms with E-state index in [2.05, 4.69) is 5.32 Å². The molecule has 1 amide bonds. The number of carbonyl (C=O) groups excluding carboxylic acids is 2. The molecule has 2 aromatic carbocycles. The first-order valence-electron chi connectivity index (χ1n) is 9.49. The minimum absolute atomic E-state index is 0.0373. The van der Waals surface area contributed by atoms with Gasteiger partial charge in [0, 0.05) is 34.9 Å². The Kier molecular flexibility index (Phi) is 5.28. The van der Waals surface area contributed by atoms with Gasteiger partial charge in [-0.3, -0.25) is 4.79 Å². The van der Waals surface area contributed by atoms with Crippen molar-refractivity contribution in [3.8, 4) is 0 Å². The van der Waals surface area contributed by atoms with Crippen LogP contribution < -0.4 is 5.32 Å². The normalized spacial score (nSPS) is 20.1. The number of esters is 1. The summed E-state index contributed by atoms with van der Waals surface area (Å²) in [6, 6.07) is 10.8. The van der Waals surface area contributed by atoms with Gasteiger partial charge in [0.25, 0.3) is 5.91 Å². The van der Waals surface area contributed by atoms with E-state index in [4.69, 9.17) is 16.3 Å². The van der Waals surface area contributed by atoms with E-state index in [1.807, 2.05) is 12.1 Å². The average Bonchev–Trinajstić information content (AvgIpc) is 2.93. The van der Waals surface area contributed by atoms with Gasteiger partial charge in [-0.1, -0.05) is 17.7 Å². The van der Waals surface area contributed by atoms with Gasteiger partial charge in [0.1, 0.15) is 5.82 Å². The number of ether oxygens (including phenoxy) is 1. The molecule has 5 nitrogen and oxygen atoms in total. The Balaban J connectivity index is 1.71. The Morgan fingerprint density at radius 2 is 2.10 bits per heavy atom. The number of anilines is 1. The van der Waals surface area contributed by atoms with Crippen molar-refractivity contribution in [2.45, 2.75) is 25.3 Å². The van der Waals surface area contributed by atoms with Gasteiger partial charge in [-0.25, -0.2) is 9.18 Å². The van der Waals surface area contributed by atoms with Crippen molar-refractivity contribution in [1.29, 1.82) is 0 Å². The van der Waals surface area contributed by atoms with E-state index in [1.54, 1.807) is 19.1 Å². The van der Waals surface area contributed by atoms with Gasteiger partial charge in [0.15, 0.2) is 0 Å². The zero-order valence-electron chi connectivity index (χ0n) is 15.8. The second-order valence-corrected chi connectivity index (χ2v) is 7.50. The summed E-state index contributed by atoms with van der Waals surface area (Å²) in [6.45, 7) is 2.34. The smallest absolute Gasteiger partial charge is 0.337 e. The van der Waals surface area contributed by atoms with E-state index >= 15 is 0 Å². The molecule has 0 fully saturated rings. The number of nitrogens with zero attached hydrogens (tertiary/aromatic N) is 1. The van der Waals surface area contributed by atoms with Crippen molar-refractivity contribution in [2.24, 2.45) is 0 Å². The summed E-state index contributed by atoms with van der Waals surface area (Å²) in [5.41, 5.74) is 2.53. The Hall–Kier alpha value is -2.86. The van der Waals surface area contributed by atoms with Crippen LogP contribution in [0.2, 0.25) is 5.02 Å². The summed E-state index contributed by atoms with van der Waals surface area (Å²) in [6.07, 6.45) is 2.15. The molecule has 0 spiro atoms. The van der Waals surface area contributed by atoms with E-state index in [1.165, 1.54) is 29.3 Å². The SMILES string of the molecule is CCOC(=O)C1=CN(C(=O)c2cccc(F)c2)CCC2c3cc(Cl)ccc3NC12. The van der Waals surface area contributed by atoms with Crippen molar-refractivity contribution in [3.05, 3.63) is 76.2 Å². The van der Waals surface area contributed by atoms with Crippen molar-refractivity contribution in [1.82, 2.24) is 4.90 Å². The quantitative estimate of drug-likeness (QED) is 0.758. The molecule has 0 aromatic heterocycles. The lowest BCUT2D eigenvalue weighted by molar-refractivity contribution is -0.138. The number of nitrogens with one attached hydrogen (secondary N) is 1. The zero-order chi connectivity index (χ0) is 20.5. The van der Waals surface area contributed by atoms with Gasteiger partial charge in [0.05, 0.1) is 18.2 Å². The molecule has 7 heteroatoms. The van der Waals surface area contributed by atoms with Crippen molar-refractivity contribution in [2.75, 3.05) is 18.5 Å². The van der Waals surface area contributed by atoms with E-state index in [0.29, 0.717) is 23.6 Å². The lowest BCUT2D eigenvalue weighted by Crippen LogP contribution is -2.29. The molecule has 150 valence electrons. The van der Waals surface area contributed by atoms with Gasteiger partial charge in [0.2, 0.25) is 0 Å². The number of carbonyl (C=O) groups is 2. The Morgan fingerprint density at radius 3 is 2.86 bits per heavy atom. The molecule has 0 saturated heterocycles. The van der Waals surface area contributed by atoms with Crippen LogP contribution in [-0.4, -0.2) is 36.0 Å². The summed E-state index contributed by atoms with van der Waals surface area (Å²) < 4.78 is 18.8. The number of amides is 1. The maximum atomic E-state index is 13.6. The maximum absolute atomic E-state index is 13.6. The van der Waals surface area contributed by atoms with Gasteiger partial charge < -0.3 is 15.0 Å². The molecular weight excluding hydrogens is 395 g/mol. The number of halogens is 2. The largest absolute Gasteiger partial charge is 0.463 e. The summed E-state index contributed by atoms with van der Waals surface area (Å²) in [4.78, 5) is 27.2. The average molecular weight is 415 g/mol. The lowest BCUT2D eigenvalue weighted by Gasteiger charge is -2.19. The highest BCUT2D eigenvalue weighted by molar-refractivity contribution is 6.30. The highest BCUT2D eigenvalue weighted by Crippen LogP contribution is 2.43. The molecule has 4 rings (SSSR count). The fraction of sp³-hybridized carbons (Fsp3) is 0.273. The van der Waals surface area contributed by atoms with Crippen LogP contribution in [0.3, 0.4) is 0 Å². The number of rotatable bonds is 3. The van der Waals surface area contributed by atoms with Crippen LogP contribution in [0.5, 0.6) is 0 Å². The first kappa shape index (κ1) is 19.5. The maximum Gasteiger partial charge on any atom is 0.337 e. The lowest BCUT2D eigenvalue weighted by atomic mass is 9.89. The highest BCUT2D eigenvalue weighted by atomic mass is 35.5. The standard InChI is InChI=1S/C22H20ClFN2O3/c1-2-29-22(28)18-12-26(21(27)13-4-3-5-15(24)10-13)9-8-16-17-11-14(23)6-7-19(17)25-20(16)18/h3-7,10-12,16,20,25H,2,8-9H2,1H3. The van der Waals surface area contributed by atoms with Gasteiger partial charge in [-0.05, 0) is 55.3 Å². The topological polar surface area (TPSA) is 58.6 Å². The van der Waals surface area contributed by atoms with Crippen molar-refractivity contribution >= 4 is 29.2 Å². The van der Waals surface area contributed by atoms with Crippen LogP contribution in [0.25, 0.3) is 0 Å². The fourth-order valence-electron chi connectivity index (χ4n) is 3.97. The van der Waals surface area contributed by atoms with E-state index in [9.17, 15) is 14.0 Å². The first-order chi connectivity index (χ1) is 14.0. The van der Waals surface area contributed by atoms with Crippen LogP contribution >= 0.6 is 11.6 Å². The van der Waals surface area contributed by atoms with E-state index in [0.717, 1.165) is 11.3 Å². The molecule has 0 aliphatic carbocycles. The Morgan fingerprint density at radius 1 is 1.28 bits per heavy atom. The number of fused-ring (bicyclic) bond motifs is 3. The van der Waals surface area contributed by atoms with Crippen molar-refractivity contribution in [3.63, 3.8) is 0 Å². The van der Waals surface area contributed by atoms with Gasteiger partial charge in [-0.2, -0.15) is 0 Å². The Bertz CT molecular complexity index is 1010. The zero-order valence-corrected chi connectivity index (χ0v) is 16.6. The van der Waals surface area contributed by atoms with Crippen LogP contribution in [-0.2, 0) is 9.53 Å². The molecule has 2 aromatic rings. The molecule has 2 aliphatic rings. The first-order valence-corrected chi connectivity index (χ1v) is 9.87. The summed E-state index contributed by atoms with van der Waals surface area (Å²) in [5, 5.41) is 3.99. The molecular formula is C22H20ClFN2O3. The van der Waals surface area contributed by atoms with Gasteiger partial charge in [-0.15, -0.1) is 0 Å². The van der Waals surface area contributed by atoms with E-state index in [-0.39, 0.29) is 30.0 Å². The van der Waals surface area contributed by atoms with E-state index < -0.39 is 11.8 Å². The molecule has 2 aliphatic heterocycles. The minimum atomic E-state index is -0.484. The second-order valence-electron chi connectivity index (χ2n) is 7.06. The predicted octanol–water partition coefficient (Wildman–Crippen LogP) is 4.35. The molecule has 2 unspecified atom stereocenters. The summed E-state index contributed by atoms with van der Waals surface area (Å²) >= 11 is 6.18. The third-order valence-electron chi connectivity index (χ3n) is 5.28. The molecule has 0 radical (unpaired) electrons. The third-order valence-corrected chi connectivity index (χ3v) is 5.52. The number of benzene rings is 2. The van der Waals surface area contributed by atoms with Crippen LogP contribution in [0.4, 0.5) is 10.1 Å². The number of hydrogen-bond acceptors (Lipinski definition) is 4. The van der Waals surface area contributed by atoms with Crippen molar-refractivity contribution < 1.29 is 18.7 Å². The number of hydrogen-bond donors (Lipinski definition) is 1.